The highest BCUT2D eigenvalue weighted by atomic mass is 16.6. The van der Waals surface area contributed by atoms with E-state index in [2.05, 4.69) is 24.3 Å². The molecule has 4 atom stereocenters. The van der Waals surface area contributed by atoms with Gasteiger partial charge in [-0.1, -0.05) is 30.3 Å². The zero-order valence-electron chi connectivity index (χ0n) is 12.8. The van der Waals surface area contributed by atoms with Gasteiger partial charge in [-0.3, -0.25) is 4.79 Å². The van der Waals surface area contributed by atoms with Gasteiger partial charge in [0, 0.05) is 19.8 Å². The van der Waals surface area contributed by atoms with Crippen molar-refractivity contribution in [2.75, 3.05) is 19.8 Å². The summed E-state index contributed by atoms with van der Waals surface area (Å²) in [5.41, 5.74) is 1.38. The third-order valence-electron chi connectivity index (χ3n) is 3.70. The monoisotopic (exact) mass is 306 g/mol. The fourth-order valence-corrected chi connectivity index (χ4v) is 2.29. The number of benzene rings is 1. The predicted molar refractivity (Wildman–Crippen MR) is 79.5 cm³/mol. The third-order valence-corrected chi connectivity index (χ3v) is 3.70. The van der Waals surface area contributed by atoms with Gasteiger partial charge >= 0.3 is 5.97 Å². The first-order valence-electron chi connectivity index (χ1n) is 7.76. The van der Waals surface area contributed by atoms with Crippen LogP contribution >= 0.6 is 0 Å². The molecule has 3 fully saturated rings. The van der Waals surface area contributed by atoms with E-state index in [1.807, 2.05) is 6.07 Å². The van der Waals surface area contributed by atoms with Crippen molar-refractivity contribution in [3.63, 3.8) is 0 Å². The SMILES string of the molecule is CC(=O)OC(CC1CO1)C1CO1.c1ccc(CC2CO2)cc1. The van der Waals surface area contributed by atoms with Crippen molar-refractivity contribution in [1.29, 1.82) is 0 Å². The lowest BCUT2D eigenvalue weighted by atomic mass is 10.1. The molecule has 5 heteroatoms. The average molecular weight is 306 g/mol. The molecule has 5 nitrogen and oxygen atoms in total. The molecule has 3 aliphatic rings. The van der Waals surface area contributed by atoms with Crippen LogP contribution in [0.15, 0.2) is 30.3 Å². The second-order valence-electron chi connectivity index (χ2n) is 5.86. The highest BCUT2D eigenvalue weighted by Crippen LogP contribution is 2.26. The minimum atomic E-state index is -0.240. The van der Waals surface area contributed by atoms with Crippen LogP contribution in [-0.4, -0.2) is 50.2 Å². The van der Waals surface area contributed by atoms with Gasteiger partial charge in [0.05, 0.1) is 32.0 Å². The maximum Gasteiger partial charge on any atom is 0.302 e. The third kappa shape index (κ3) is 5.75. The number of carbonyl (C=O) groups excluding carboxylic acids is 1. The molecule has 3 saturated heterocycles. The summed E-state index contributed by atoms with van der Waals surface area (Å²) in [6.07, 6.45) is 2.71. The molecule has 0 spiro atoms. The van der Waals surface area contributed by atoms with Crippen LogP contribution in [0.4, 0.5) is 0 Å². The molecule has 1 aromatic carbocycles. The van der Waals surface area contributed by atoms with Crippen LogP contribution in [0.25, 0.3) is 0 Å². The predicted octanol–water partition coefficient (Wildman–Crippen LogP) is 1.73. The summed E-state index contributed by atoms with van der Waals surface area (Å²) < 4.78 is 20.3. The van der Waals surface area contributed by atoms with Gasteiger partial charge in [-0.2, -0.15) is 0 Å². The highest BCUT2D eigenvalue weighted by molar-refractivity contribution is 5.66. The number of epoxide rings is 3. The Bertz CT molecular complexity index is 477. The normalized spacial score (nSPS) is 28.9. The van der Waals surface area contributed by atoms with Gasteiger partial charge in [-0.25, -0.2) is 0 Å². The molecule has 3 aliphatic heterocycles. The van der Waals surface area contributed by atoms with Gasteiger partial charge in [0.2, 0.25) is 0 Å². The van der Waals surface area contributed by atoms with Crippen molar-refractivity contribution >= 4 is 5.97 Å². The standard InChI is InChI=1S/C9H10O.C8H12O4/c1-2-4-8(5-3-1)6-9-7-10-9;1-5(9)12-7(8-4-11-8)2-6-3-10-6/h1-5,9H,6-7H2;6-8H,2-4H2,1H3. The van der Waals surface area contributed by atoms with Crippen molar-refractivity contribution in [2.24, 2.45) is 0 Å². The molecule has 120 valence electrons. The summed E-state index contributed by atoms with van der Waals surface area (Å²) in [7, 11) is 0. The van der Waals surface area contributed by atoms with Crippen molar-refractivity contribution in [3.05, 3.63) is 35.9 Å². The van der Waals surface area contributed by atoms with Crippen LogP contribution in [0.3, 0.4) is 0 Å². The summed E-state index contributed by atoms with van der Waals surface area (Å²) in [4.78, 5) is 10.7. The minimum Gasteiger partial charge on any atom is -0.460 e. The Morgan fingerprint density at radius 3 is 2.27 bits per heavy atom. The van der Waals surface area contributed by atoms with Crippen molar-refractivity contribution < 1.29 is 23.7 Å². The molecule has 3 heterocycles. The van der Waals surface area contributed by atoms with Gasteiger partial charge in [0.1, 0.15) is 12.2 Å². The minimum absolute atomic E-state index is 0.0880. The first-order valence-corrected chi connectivity index (χ1v) is 7.76. The topological polar surface area (TPSA) is 63.9 Å². The molecular weight excluding hydrogens is 284 g/mol. The molecule has 0 aliphatic carbocycles. The Labute approximate surface area is 130 Å². The lowest BCUT2D eigenvalue weighted by molar-refractivity contribution is -0.147. The lowest BCUT2D eigenvalue weighted by Crippen LogP contribution is -2.24. The van der Waals surface area contributed by atoms with Crippen LogP contribution in [0.2, 0.25) is 0 Å². The quantitative estimate of drug-likeness (QED) is 0.591. The first kappa shape index (κ1) is 15.5. The molecule has 22 heavy (non-hydrogen) atoms. The van der Waals surface area contributed by atoms with E-state index in [4.69, 9.17) is 18.9 Å². The molecule has 1 aromatic rings. The summed E-state index contributed by atoms with van der Waals surface area (Å²) in [6, 6.07) is 10.5. The van der Waals surface area contributed by atoms with Crippen molar-refractivity contribution in [2.45, 2.75) is 44.2 Å². The lowest BCUT2D eigenvalue weighted by Gasteiger charge is -2.12. The molecular formula is C17H22O5. The summed E-state index contributed by atoms with van der Waals surface area (Å²) >= 11 is 0. The Kier molecular flexibility index (Phi) is 5.08. The molecule has 0 radical (unpaired) electrons. The first-order chi connectivity index (χ1) is 10.7. The fraction of sp³-hybridized carbons (Fsp3) is 0.588. The van der Waals surface area contributed by atoms with Crippen LogP contribution < -0.4 is 0 Å². The van der Waals surface area contributed by atoms with E-state index in [0.29, 0.717) is 18.8 Å². The number of hydrogen-bond donors (Lipinski definition) is 0. The van der Waals surface area contributed by atoms with E-state index in [1.54, 1.807) is 0 Å². The van der Waals surface area contributed by atoms with E-state index in [9.17, 15) is 4.79 Å². The smallest absolute Gasteiger partial charge is 0.302 e. The number of hydrogen-bond acceptors (Lipinski definition) is 5. The van der Waals surface area contributed by atoms with Gasteiger partial charge in [-0.05, 0) is 5.56 Å². The van der Waals surface area contributed by atoms with Gasteiger partial charge < -0.3 is 18.9 Å². The van der Waals surface area contributed by atoms with Crippen molar-refractivity contribution in [3.8, 4) is 0 Å². The summed E-state index contributed by atoms with van der Waals surface area (Å²) in [5.74, 6) is -0.240. The Morgan fingerprint density at radius 2 is 1.77 bits per heavy atom. The second kappa shape index (κ2) is 7.22. The van der Waals surface area contributed by atoms with Crippen LogP contribution in [0.1, 0.15) is 18.9 Å². The zero-order valence-corrected chi connectivity index (χ0v) is 12.8. The van der Waals surface area contributed by atoms with Crippen molar-refractivity contribution in [1.82, 2.24) is 0 Å². The van der Waals surface area contributed by atoms with Gasteiger partial charge in [0.25, 0.3) is 0 Å². The van der Waals surface area contributed by atoms with E-state index < -0.39 is 0 Å². The second-order valence-corrected chi connectivity index (χ2v) is 5.86. The molecule has 4 rings (SSSR count). The highest BCUT2D eigenvalue weighted by Gasteiger charge is 2.39. The fourth-order valence-electron chi connectivity index (χ4n) is 2.29. The molecule has 0 aromatic heterocycles. The van der Waals surface area contributed by atoms with Crippen LogP contribution in [0.5, 0.6) is 0 Å². The number of rotatable bonds is 6. The largest absolute Gasteiger partial charge is 0.460 e. The van der Waals surface area contributed by atoms with E-state index in [-0.39, 0.29) is 18.2 Å². The van der Waals surface area contributed by atoms with Gasteiger partial charge in [0.15, 0.2) is 0 Å². The summed E-state index contributed by atoms with van der Waals surface area (Å²) in [5, 5.41) is 0. The maximum absolute atomic E-state index is 10.7. The van der Waals surface area contributed by atoms with Crippen LogP contribution in [0, 0.1) is 0 Å². The number of carbonyl (C=O) groups is 1. The average Bonchev–Trinajstić information content (AvgIpc) is 3.36. The molecule has 0 bridgehead atoms. The van der Waals surface area contributed by atoms with Gasteiger partial charge in [-0.15, -0.1) is 0 Å². The zero-order chi connectivity index (χ0) is 15.4. The maximum atomic E-state index is 10.7. The van der Waals surface area contributed by atoms with E-state index >= 15 is 0 Å². The Hall–Kier alpha value is -1.43. The molecule has 0 amide bonds. The number of esters is 1. The Morgan fingerprint density at radius 1 is 1.14 bits per heavy atom. The molecule has 4 unspecified atom stereocenters. The molecule has 0 saturated carbocycles. The van der Waals surface area contributed by atoms with E-state index in [0.717, 1.165) is 26.1 Å². The Balaban J connectivity index is 0.000000133. The number of ether oxygens (including phenoxy) is 4. The summed E-state index contributed by atoms with van der Waals surface area (Å²) in [6.45, 7) is 3.88. The van der Waals surface area contributed by atoms with E-state index in [1.165, 1.54) is 12.5 Å². The molecule has 0 N–H and O–H groups in total. The van der Waals surface area contributed by atoms with Crippen LogP contribution in [-0.2, 0) is 30.2 Å².